The zero-order chi connectivity index (χ0) is 10.7. The van der Waals surface area contributed by atoms with Gasteiger partial charge < -0.3 is 0 Å². The highest BCUT2D eigenvalue weighted by Crippen LogP contribution is 2.10. The monoisotopic (exact) mass is 179 g/mol. The normalized spacial score (nSPS) is 12.3. The number of rotatable bonds is 3. The molecule has 0 aliphatic heterocycles. The summed E-state index contributed by atoms with van der Waals surface area (Å²) in [4.78, 5) is 0. The lowest BCUT2D eigenvalue weighted by atomic mass is 10.00. The van der Waals surface area contributed by atoms with E-state index in [1.165, 1.54) is 0 Å². The summed E-state index contributed by atoms with van der Waals surface area (Å²) < 4.78 is 0. The average Bonchev–Trinajstić information content (AvgIpc) is 2.18. The Kier molecular flexibility index (Phi) is 12.4. The standard InChI is InChI=1S/C10H15N.C2H6/c1-4-5-9(2)6-7-10(3)8-11;1-2/h9-10H,6-7H2,1-3H3;1-2H3. The first-order chi connectivity index (χ1) is 6.20. The third-order valence-electron chi connectivity index (χ3n) is 1.64. The van der Waals surface area contributed by atoms with Crippen LogP contribution in [0.25, 0.3) is 0 Å². The summed E-state index contributed by atoms with van der Waals surface area (Å²) in [5.74, 6) is 6.56. The molecule has 0 aliphatic rings. The molecular weight excluding hydrogens is 158 g/mol. The van der Waals surface area contributed by atoms with Crippen molar-refractivity contribution >= 4 is 0 Å². The van der Waals surface area contributed by atoms with E-state index in [9.17, 15) is 0 Å². The first kappa shape index (κ1) is 14.6. The Morgan fingerprint density at radius 1 is 1.08 bits per heavy atom. The molecule has 0 spiro atoms. The van der Waals surface area contributed by atoms with Gasteiger partial charge in [0.15, 0.2) is 0 Å². The molecular formula is C12H21N. The molecule has 13 heavy (non-hydrogen) atoms. The van der Waals surface area contributed by atoms with E-state index < -0.39 is 0 Å². The Morgan fingerprint density at radius 3 is 1.92 bits per heavy atom. The van der Waals surface area contributed by atoms with Gasteiger partial charge >= 0.3 is 0 Å². The SMILES string of the molecule is CC.CC#CC(C)CCC(C)C#N. The van der Waals surface area contributed by atoms with E-state index in [0.29, 0.717) is 5.92 Å². The lowest BCUT2D eigenvalue weighted by Crippen LogP contribution is -1.95. The highest BCUT2D eigenvalue weighted by atomic mass is 14.3. The molecule has 0 aromatic heterocycles. The largest absolute Gasteiger partial charge is 0.198 e. The number of nitriles is 1. The van der Waals surface area contributed by atoms with Gasteiger partial charge in [0.1, 0.15) is 0 Å². The smallest absolute Gasteiger partial charge is 0.0652 e. The highest BCUT2D eigenvalue weighted by Gasteiger charge is 2.02. The van der Waals surface area contributed by atoms with Crippen LogP contribution in [0, 0.1) is 35.0 Å². The Labute approximate surface area is 83.2 Å². The Balaban J connectivity index is 0. The van der Waals surface area contributed by atoms with Gasteiger partial charge in [-0.15, -0.1) is 11.8 Å². The molecule has 0 rings (SSSR count). The lowest BCUT2D eigenvalue weighted by molar-refractivity contribution is 0.552. The summed E-state index contributed by atoms with van der Waals surface area (Å²) in [5, 5.41) is 8.49. The second-order valence-corrected chi connectivity index (χ2v) is 2.90. The van der Waals surface area contributed by atoms with E-state index in [0.717, 1.165) is 12.8 Å². The molecule has 0 heterocycles. The zero-order valence-corrected chi connectivity index (χ0v) is 9.52. The van der Waals surface area contributed by atoms with Gasteiger partial charge in [-0.3, -0.25) is 0 Å². The Hall–Kier alpha value is -0.950. The molecule has 0 aliphatic carbocycles. The minimum atomic E-state index is 0.177. The van der Waals surface area contributed by atoms with E-state index in [1.807, 2.05) is 27.7 Å². The molecule has 0 amide bonds. The molecule has 1 nitrogen and oxygen atoms in total. The predicted octanol–water partition coefficient (Wildman–Crippen LogP) is 3.61. The van der Waals surface area contributed by atoms with Gasteiger partial charge in [-0.2, -0.15) is 5.26 Å². The minimum absolute atomic E-state index is 0.177. The van der Waals surface area contributed by atoms with Crippen LogP contribution in [0.15, 0.2) is 0 Å². The third-order valence-corrected chi connectivity index (χ3v) is 1.64. The van der Waals surface area contributed by atoms with E-state index in [-0.39, 0.29) is 5.92 Å². The Morgan fingerprint density at radius 2 is 1.54 bits per heavy atom. The molecule has 0 saturated carbocycles. The maximum absolute atomic E-state index is 8.49. The first-order valence-electron chi connectivity index (χ1n) is 5.02. The van der Waals surface area contributed by atoms with Crippen LogP contribution >= 0.6 is 0 Å². The van der Waals surface area contributed by atoms with Crippen molar-refractivity contribution in [2.45, 2.75) is 47.5 Å². The van der Waals surface area contributed by atoms with Gasteiger partial charge in [-0.1, -0.05) is 20.8 Å². The van der Waals surface area contributed by atoms with E-state index in [2.05, 4.69) is 24.8 Å². The molecule has 0 radical (unpaired) electrons. The van der Waals surface area contributed by atoms with Crippen molar-refractivity contribution < 1.29 is 0 Å². The van der Waals surface area contributed by atoms with Crippen molar-refractivity contribution in [3.05, 3.63) is 0 Å². The summed E-state index contributed by atoms with van der Waals surface area (Å²) >= 11 is 0. The molecule has 74 valence electrons. The van der Waals surface area contributed by atoms with Crippen molar-refractivity contribution in [2.24, 2.45) is 11.8 Å². The topological polar surface area (TPSA) is 23.8 Å². The van der Waals surface area contributed by atoms with Crippen molar-refractivity contribution in [2.75, 3.05) is 0 Å². The van der Waals surface area contributed by atoms with Gasteiger partial charge in [-0.05, 0) is 26.7 Å². The van der Waals surface area contributed by atoms with Crippen LogP contribution in [0.3, 0.4) is 0 Å². The molecule has 2 unspecified atom stereocenters. The van der Waals surface area contributed by atoms with Crippen LogP contribution in [0.5, 0.6) is 0 Å². The molecule has 1 heteroatoms. The van der Waals surface area contributed by atoms with Gasteiger partial charge in [0.25, 0.3) is 0 Å². The second kappa shape index (κ2) is 11.1. The molecule has 0 N–H and O–H groups in total. The quantitative estimate of drug-likeness (QED) is 0.607. The van der Waals surface area contributed by atoms with E-state index >= 15 is 0 Å². The lowest BCUT2D eigenvalue weighted by Gasteiger charge is -2.03. The van der Waals surface area contributed by atoms with E-state index in [4.69, 9.17) is 5.26 Å². The number of nitrogens with zero attached hydrogens (tertiary/aromatic N) is 1. The summed E-state index contributed by atoms with van der Waals surface area (Å²) in [6.45, 7) is 9.90. The van der Waals surface area contributed by atoms with Gasteiger partial charge in [0, 0.05) is 11.8 Å². The zero-order valence-electron chi connectivity index (χ0n) is 9.52. The average molecular weight is 179 g/mol. The maximum atomic E-state index is 8.49. The summed E-state index contributed by atoms with van der Waals surface area (Å²) in [6.07, 6.45) is 2.00. The molecule has 0 aromatic rings. The van der Waals surface area contributed by atoms with Crippen molar-refractivity contribution in [1.82, 2.24) is 0 Å². The maximum Gasteiger partial charge on any atom is 0.0652 e. The minimum Gasteiger partial charge on any atom is -0.198 e. The fourth-order valence-corrected chi connectivity index (χ4v) is 0.883. The van der Waals surface area contributed by atoms with Crippen LogP contribution in [-0.2, 0) is 0 Å². The van der Waals surface area contributed by atoms with Crippen molar-refractivity contribution in [1.29, 1.82) is 5.26 Å². The molecule has 0 saturated heterocycles. The predicted molar refractivity (Wildman–Crippen MR) is 58.0 cm³/mol. The van der Waals surface area contributed by atoms with Gasteiger partial charge in [0.2, 0.25) is 0 Å². The second-order valence-electron chi connectivity index (χ2n) is 2.90. The summed E-state index contributed by atoms with van der Waals surface area (Å²) in [5.41, 5.74) is 0. The van der Waals surface area contributed by atoms with E-state index in [1.54, 1.807) is 0 Å². The van der Waals surface area contributed by atoms with Gasteiger partial charge in [0.05, 0.1) is 6.07 Å². The number of hydrogen-bond donors (Lipinski definition) is 0. The highest BCUT2D eigenvalue weighted by molar-refractivity contribution is 4.99. The van der Waals surface area contributed by atoms with Gasteiger partial charge in [-0.25, -0.2) is 0 Å². The summed E-state index contributed by atoms with van der Waals surface area (Å²) in [6, 6.07) is 2.21. The molecule has 0 aromatic carbocycles. The fraction of sp³-hybridized carbons (Fsp3) is 0.750. The fourth-order valence-electron chi connectivity index (χ4n) is 0.883. The van der Waals surface area contributed by atoms with Crippen LogP contribution in [0.4, 0.5) is 0 Å². The number of hydrogen-bond acceptors (Lipinski definition) is 1. The van der Waals surface area contributed by atoms with Crippen molar-refractivity contribution in [3.8, 4) is 17.9 Å². The van der Waals surface area contributed by atoms with Crippen molar-refractivity contribution in [3.63, 3.8) is 0 Å². The first-order valence-corrected chi connectivity index (χ1v) is 5.02. The molecule has 0 bridgehead atoms. The summed E-state index contributed by atoms with van der Waals surface area (Å²) in [7, 11) is 0. The van der Waals surface area contributed by atoms with Crippen LogP contribution in [0.1, 0.15) is 47.5 Å². The van der Waals surface area contributed by atoms with Crippen LogP contribution in [0.2, 0.25) is 0 Å². The Bertz CT molecular complexity index is 189. The van der Waals surface area contributed by atoms with Crippen LogP contribution in [-0.4, -0.2) is 0 Å². The molecule has 2 atom stereocenters. The van der Waals surface area contributed by atoms with Crippen LogP contribution < -0.4 is 0 Å². The molecule has 0 fully saturated rings. The third kappa shape index (κ3) is 11.0.